The Morgan fingerprint density at radius 2 is 2.28 bits per heavy atom. The van der Waals surface area contributed by atoms with Crippen molar-refractivity contribution in [1.29, 1.82) is 0 Å². The highest BCUT2D eigenvalue weighted by Gasteiger charge is 2.40. The Morgan fingerprint density at radius 1 is 1.44 bits per heavy atom. The van der Waals surface area contributed by atoms with Crippen LogP contribution in [-0.4, -0.2) is 23.2 Å². The maximum Gasteiger partial charge on any atom is 0.124 e. The molecule has 2 saturated heterocycles. The molecule has 2 fully saturated rings. The number of fused-ring (bicyclic) bond motifs is 2. The number of hydrogen-bond donors (Lipinski definition) is 2. The standard InChI is InChI=1S/C13H15FN2OS/c14-7-1-3-10(9(5-7)13(15)18)16-11-6-8-2-4-12(11)17-8/h1,3,5,8,11-12,16H,2,4,6H2,(H2,15,18). The van der Waals surface area contributed by atoms with Gasteiger partial charge in [0.2, 0.25) is 0 Å². The van der Waals surface area contributed by atoms with Crippen molar-refractivity contribution in [1.82, 2.24) is 0 Å². The van der Waals surface area contributed by atoms with Gasteiger partial charge in [-0.15, -0.1) is 0 Å². The summed E-state index contributed by atoms with van der Waals surface area (Å²) in [5.74, 6) is -0.326. The third-order valence-electron chi connectivity index (χ3n) is 3.69. The molecule has 0 radical (unpaired) electrons. The first-order valence-electron chi connectivity index (χ1n) is 6.15. The van der Waals surface area contributed by atoms with E-state index in [1.807, 2.05) is 0 Å². The van der Waals surface area contributed by atoms with Crippen molar-refractivity contribution in [3.05, 3.63) is 29.6 Å². The van der Waals surface area contributed by atoms with Crippen LogP contribution in [0, 0.1) is 5.82 Å². The molecule has 3 rings (SSSR count). The summed E-state index contributed by atoms with van der Waals surface area (Å²) in [6, 6.07) is 4.76. The van der Waals surface area contributed by atoms with Crippen molar-refractivity contribution >= 4 is 22.9 Å². The predicted molar refractivity (Wildman–Crippen MR) is 72.2 cm³/mol. The summed E-state index contributed by atoms with van der Waals surface area (Å²) in [6.07, 6.45) is 3.87. The van der Waals surface area contributed by atoms with Crippen molar-refractivity contribution in [3.63, 3.8) is 0 Å². The largest absolute Gasteiger partial charge is 0.389 e. The number of anilines is 1. The number of benzene rings is 1. The van der Waals surface area contributed by atoms with Crippen LogP contribution < -0.4 is 11.1 Å². The molecule has 0 amide bonds. The second kappa shape index (κ2) is 4.48. The first-order valence-corrected chi connectivity index (χ1v) is 6.55. The van der Waals surface area contributed by atoms with Gasteiger partial charge >= 0.3 is 0 Å². The van der Waals surface area contributed by atoms with E-state index in [-0.39, 0.29) is 23.0 Å². The van der Waals surface area contributed by atoms with Gasteiger partial charge in [-0.05, 0) is 37.5 Å². The molecule has 2 aliphatic heterocycles. The third-order valence-corrected chi connectivity index (χ3v) is 3.91. The summed E-state index contributed by atoms with van der Waals surface area (Å²) in [7, 11) is 0. The lowest BCUT2D eigenvalue weighted by atomic mass is 9.95. The van der Waals surface area contributed by atoms with Crippen molar-refractivity contribution in [2.75, 3.05) is 5.32 Å². The van der Waals surface area contributed by atoms with Gasteiger partial charge in [-0.25, -0.2) is 4.39 Å². The highest BCUT2D eigenvalue weighted by Crippen LogP contribution is 2.36. The number of rotatable bonds is 3. The Bertz CT molecular complexity index is 494. The molecule has 1 aromatic rings. The lowest BCUT2D eigenvalue weighted by Crippen LogP contribution is -2.31. The molecule has 0 aliphatic carbocycles. The molecular weight excluding hydrogens is 251 g/mol. The fourth-order valence-electron chi connectivity index (χ4n) is 2.84. The van der Waals surface area contributed by atoms with Crippen molar-refractivity contribution in [3.8, 4) is 0 Å². The number of ether oxygens (including phenoxy) is 1. The Balaban J connectivity index is 1.82. The van der Waals surface area contributed by atoms with E-state index in [9.17, 15) is 4.39 Å². The van der Waals surface area contributed by atoms with Gasteiger partial charge in [-0.1, -0.05) is 12.2 Å². The molecule has 3 unspecified atom stereocenters. The van der Waals surface area contributed by atoms with Crippen LogP contribution in [0.1, 0.15) is 24.8 Å². The molecule has 18 heavy (non-hydrogen) atoms. The lowest BCUT2D eigenvalue weighted by molar-refractivity contribution is 0.102. The summed E-state index contributed by atoms with van der Waals surface area (Å²) in [4.78, 5) is 0.209. The first-order chi connectivity index (χ1) is 8.63. The number of halogens is 1. The van der Waals surface area contributed by atoms with Crippen LogP contribution in [0.15, 0.2) is 18.2 Å². The summed E-state index contributed by atoms with van der Waals surface area (Å²) >= 11 is 4.96. The molecule has 0 spiro atoms. The van der Waals surface area contributed by atoms with E-state index in [4.69, 9.17) is 22.7 Å². The van der Waals surface area contributed by atoms with Gasteiger partial charge in [0.05, 0.1) is 18.2 Å². The molecule has 2 aliphatic rings. The summed E-state index contributed by atoms with van der Waals surface area (Å²) in [5, 5.41) is 3.39. The quantitative estimate of drug-likeness (QED) is 0.823. The SMILES string of the molecule is NC(=S)c1cc(F)ccc1NC1CC2CCC1O2. The molecule has 3 atom stereocenters. The summed E-state index contributed by atoms with van der Waals surface area (Å²) in [5.41, 5.74) is 6.99. The van der Waals surface area contributed by atoms with E-state index in [0.29, 0.717) is 11.7 Å². The lowest BCUT2D eigenvalue weighted by Gasteiger charge is -2.22. The zero-order valence-corrected chi connectivity index (χ0v) is 10.7. The maximum absolute atomic E-state index is 13.2. The number of nitrogens with one attached hydrogen (secondary N) is 1. The van der Waals surface area contributed by atoms with Gasteiger partial charge < -0.3 is 15.8 Å². The van der Waals surface area contributed by atoms with E-state index in [0.717, 1.165) is 24.9 Å². The smallest absolute Gasteiger partial charge is 0.124 e. The van der Waals surface area contributed by atoms with Gasteiger partial charge in [-0.3, -0.25) is 0 Å². The second-order valence-corrected chi connectivity index (χ2v) is 5.35. The van der Waals surface area contributed by atoms with Crippen LogP contribution >= 0.6 is 12.2 Å². The van der Waals surface area contributed by atoms with Gasteiger partial charge in [-0.2, -0.15) is 0 Å². The predicted octanol–water partition coefficient (Wildman–Crippen LogP) is 2.19. The first kappa shape index (κ1) is 11.9. The Hall–Kier alpha value is -1.20. The molecule has 0 aromatic heterocycles. The van der Waals surface area contributed by atoms with Gasteiger partial charge in [0.1, 0.15) is 10.8 Å². The highest BCUT2D eigenvalue weighted by atomic mass is 32.1. The van der Waals surface area contributed by atoms with Crippen molar-refractivity contribution in [2.24, 2.45) is 5.73 Å². The molecule has 2 heterocycles. The monoisotopic (exact) mass is 266 g/mol. The zero-order chi connectivity index (χ0) is 12.7. The normalized spacial score (nSPS) is 29.5. The number of nitrogens with two attached hydrogens (primary N) is 1. The van der Waals surface area contributed by atoms with E-state index >= 15 is 0 Å². The minimum Gasteiger partial charge on any atom is -0.389 e. The van der Waals surface area contributed by atoms with E-state index in [1.54, 1.807) is 6.07 Å². The molecule has 3 N–H and O–H groups in total. The van der Waals surface area contributed by atoms with Crippen LogP contribution in [0.25, 0.3) is 0 Å². The minimum atomic E-state index is -0.326. The third kappa shape index (κ3) is 2.08. The topological polar surface area (TPSA) is 47.3 Å². The molecule has 5 heteroatoms. The summed E-state index contributed by atoms with van der Waals surface area (Å²) in [6.45, 7) is 0. The molecule has 1 aromatic carbocycles. The van der Waals surface area contributed by atoms with Crippen molar-refractivity contribution in [2.45, 2.75) is 37.5 Å². The van der Waals surface area contributed by atoms with Gasteiger partial charge in [0.25, 0.3) is 0 Å². The number of hydrogen-bond acceptors (Lipinski definition) is 3. The molecule has 2 bridgehead atoms. The Kier molecular flexibility index (Phi) is 2.95. The molecular formula is C13H15FN2OS. The highest BCUT2D eigenvalue weighted by molar-refractivity contribution is 7.80. The van der Waals surface area contributed by atoms with Gasteiger partial charge in [0, 0.05) is 11.3 Å². The van der Waals surface area contributed by atoms with Gasteiger partial charge in [0.15, 0.2) is 0 Å². The minimum absolute atomic E-state index is 0.209. The van der Waals surface area contributed by atoms with E-state index < -0.39 is 0 Å². The molecule has 0 saturated carbocycles. The van der Waals surface area contributed by atoms with Crippen LogP contribution in [0.4, 0.5) is 10.1 Å². The van der Waals surface area contributed by atoms with Crippen LogP contribution in [0.5, 0.6) is 0 Å². The number of thiocarbonyl (C=S) groups is 1. The fourth-order valence-corrected chi connectivity index (χ4v) is 3.00. The van der Waals surface area contributed by atoms with Crippen molar-refractivity contribution < 1.29 is 9.13 Å². The maximum atomic E-state index is 13.2. The Labute approximate surface area is 111 Å². The second-order valence-electron chi connectivity index (χ2n) is 4.91. The fraction of sp³-hybridized carbons (Fsp3) is 0.462. The summed E-state index contributed by atoms with van der Waals surface area (Å²) < 4.78 is 19.0. The van der Waals surface area contributed by atoms with Crippen LogP contribution in [0.3, 0.4) is 0 Å². The zero-order valence-electron chi connectivity index (χ0n) is 9.86. The van der Waals surface area contributed by atoms with Crippen LogP contribution in [-0.2, 0) is 4.74 Å². The van der Waals surface area contributed by atoms with E-state index in [2.05, 4.69) is 5.32 Å². The molecule has 3 nitrogen and oxygen atoms in total. The Morgan fingerprint density at radius 3 is 2.89 bits per heavy atom. The molecule has 96 valence electrons. The van der Waals surface area contributed by atoms with E-state index in [1.165, 1.54) is 12.1 Å². The average Bonchev–Trinajstić information content (AvgIpc) is 2.93. The van der Waals surface area contributed by atoms with Crippen LogP contribution in [0.2, 0.25) is 0 Å². The average molecular weight is 266 g/mol.